The van der Waals surface area contributed by atoms with Gasteiger partial charge in [0.15, 0.2) is 0 Å². The van der Waals surface area contributed by atoms with E-state index >= 15 is 0 Å². The Morgan fingerprint density at radius 1 is 1.00 bits per heavy atom. The van der Waals surface area contributed by atoms with Crippen LogP contribution in [0, 0.1) is 6.92 Å². The van der Waals surface area contributed by atoms with E-state index in [1.165, 1.54) is 20.8 Å². The summed E-state index contributed by atoms with van der Waals surface area (Å²) in [5.74, 6) is 0. The zero-order valence-electron chi connectivity index (χ0n) is 8.97. The van der Waals surface area contributed by atoms with Gasteiger partial charge in [0.05, 0.1) is 0 Å². The molecule has 0 aliphatic carbocycles. The van der Waals surface area contributed by atoms with Crippen LogP contribution in [0.25, 0.3) is 10.8 Å². The van der Waals surface area contributed by atoms with Crippen molar-refractivity contribution in [2.24, 2.45) is 0 Å². The average molecular weight is 341 g/mol. The number of benzene rings is 2. The van der Waals surface area contributed by atoms with Crippen LogP contribution < -0.4 is 0 Å². The van der Waals surface area contributed by atoms with Crippen LogP contribution in [0.1, 0.15) is 18.4 Å². The molecule has 1 radical (unpaired) electrons. The van der Waals surface area contributed by atoms with Crippen molar-refractivity contribution in [2.45, 2.75) is 19.3 Å². The predicted octanol–water partition coefficient (Wildman–Crippen LogP) is 5.52. The van der Waals surface area contributed by atoms with Crippen molar-refractivity contribution >= 4 is 42.6 Å². The summed E-state index contributed by atoms with van der Waals surface area (Å²) in [6.07, 6.45) is 3.19. The van der Waals surface area contributed by atoms with E-state index in [1.807, 2.05) is 0 Å². The molecule has 2 aromatic rings. The molecule has 0 heterocycles. The maximum atomic E-state index is 3.90. The van der Waals surface area contributed by atoms with Crippen LogP contribution in [0.4, 0.5) is 0 Å². The monoisotopic (exact) mass is 339 g/mol. The van der Waals surface area contributed by atoms with Gasteiger partial charge in [-0.25, -0.2) is 0 Å². The second kappa shape index (κ2) is 5.33. The first-order valence-electron chi connectivity index (χ1n) is 5.39. The van der Waals surface area contributed by atoms with Crippen molar-refractivity contribution in [3.63, 3.8) is 0 Å². The van der Waals surface area contributed by atoms with Gasteiger partial charge in [0.1, 0.15) is 0 Å². The van der Waals surface area contributed by atoms with Gasteiger partial charge in [0.25, 0.3) is 0 Å². The maximum Gasteiger partial charge on any atom is 0.0265 e. The standard InChI is InChI=1S/C14H13Br2/c1-2-3-6-11-10-7-4-5-8-12(10)14(16)9-13(11)15/h4-5,7-9H,1-3,6H2. The third-order valence-corrected chi connectivity index (χ3v) is 4.09. The highest BCUT2D eigenvalue weighted by Crippen LogP contribution is 2.33. The van der Waals surface area contributed by atoms with Crippen LogP contribution in [0.2, 0.25) is 0 Å². The second-order valence-corrected chi connectivity index (χ2v) is 5.53. The third-order valence-electron chi connectivity index (χ3n) is 2.73. The molecule has 0 unspecified atom stereocenters. The molecule has 0 spiro atoms. The van der Waals surface area contributed by atoms with Gasteiger partial charge in [-0.15, -0.1) is 0 Å². The molecular formula is C14H13Br2. The van der Waals surface area contributed by atoms with Gasteiger partial charge >= 0.3 is 0 Å². The summed E-state index contributed by atoms with van der Waals surface area (Å²) in [6, 6.07) is 10.6. The second-order valence-electron chi connectivity index (χ2n) is 3.82. The molecule has 0 atom stereocenters. The summed E-state index contributed by atoms with van der Waals surface area (Å²) in [6.45, 7) is 3.90. The van der Waals surface area contributed by atoms with Crippen molar-refractivity contribution in [2.75, 3.05) is 0 Å². The molecular weight excluding hydrogens is 328 g/mol. The summed E-state index contributed by atoms with van der Waals surface area (Å²) < 4.78 is 2.33. The predicted molar refractivity (Wildman–Crippen MR) is 77.6 cm³/mol. The van der Waals surface area contributed by atoms with Crippen molar-refractivity contribution in [1.82, 2.24) is 0 Å². The van der Waals surface area contributed by atoms with Gasteiger partial charge in [-0.2, -0.15) is 0 Å². The molecule has 83 valence electrons. The summed E-state index contributed by atoms with van der Waals surface area (Å²) in [7, 11) is 0. The average Bonchev–Trinajstić information content (AvgIpc) is 2.29. The number of unbranched alkanes of at least 4 members (excludes halogenated alkanes) is 1. The molecule has 2 aromatic carbocycles. The smallest absolute Gasteiger partial charge is 0.0265 e. The highest BCUT2D eigenvalue weighted by Gasteiger charge is 2.08. The lowest BCUT2D eigenvalue weighted by molar-refractivity contribution is 0.843. The molecule has 0 amide bonds. The molecule has 0 saturated heterocycles. The lowest BCUT2D eigenvalue weighted by Gasteiger charge is -2.10. The van der Waals surface area contributed by atoms with E-state index in [0.717, 1.165) is 23.7 Å². The summed E-state index contributed by atoms with van der Waals surface area (Å²) >= 11 is 7.26. The zero-order chi connectivity index (χ0) is 11.5. The van der Waals surface area contributed by atoms with E-state index in [9.17, 15) is 0 Å². The van der Waals surface area contributed by atoms with Crippen LogP contribution in [-0.4, -0.2) is 0 Å². The number of aryl methyl sites for hydroxylation is 1. The summed E-state index contributed by atoms with van der Waals surface area (Å²) in [5, 5.41) is 2.61. The minimum atomic E-state index is 0.983. The van der Waals surface area contributed by atoms with Crippen LogP contribution in [0.3, 0.4) is 0 Å². The van der Waals surface area contributed by atoms with Crippen molar-refractivity contribution in [3.05, 3.63) is 51.8 Å². The van der Waals surface area contributed by atoms with E-state index in [0.29, 0.717) is 0 Å². The van der Waals surface area contributed by atoms with E-state index in [2.05, 4.69) is 69.1 Å². The van der Waals surface area contributed by atoms with Gasteiger partial charge in [-0.3, -0.25) is 0 Å². The lowest BCUT2D eigenvalue weighted by atomic mass is 10.0. The molecule has 2 heteroatoms. The molecule has 0 N–H and O–H groups in total. The summed E-state index contributed by atoms with van der Waals surface area (Å²) in [4.78, 5) is 0. The fraction of sp³-hybridized carbons (Fsp3) is 0.214. The van der Waals surface area contributed by atoms with E-state index < -0.39 is 0 Å². The molecule has 0 bridgehead atoms. The quantitative estimate of drug-likeness (QED) is 0.689. The van der Waals surface area contributed by atoms with Gasteiger partial charge in [0, 0.05) is 8.95 Å². The highest BCUT2D eigenvalue weighted by atomic mass is 79.9. The fourth-order valence-corrected chi connectivity index (χ4v) is 3.44. The van der Waals surface area contributed by atoms with Gasteiger partial charge in [-0.05, 0) is 35.2 Å². The molecule has 0 aliphatic heterocycles. The molecule has 0 fully saturated rings. The van der Waals surface area contributed by atoms with Crippen LogP contribution in [0.15, 0.2) is 39.3 Å². The molecule has 0 saturated carbocycles. The van der Waals surface area contributed by atoms with Crippen molar-refractivity contribution in [1.29, 1.82) is 0 Å². The topological polar surface area (TPSA) is 0 Å². The van der Waals surface area contributed by atoms with Crippen molar-refractivity contribution < 1.29 is 0 Å². The molecule has 0 nitrogen and oxygen atoms in total. The Bertz CT molecular complexity index is 503. The van der Waals surface area contributed by atoms with Gasteiger partial charge < -0.3 is 0 Å². The Hall–Kier alpha value is -0.340. The number of fused-ring (bicyclic) bond motifs is 1. The Balaban J connectivity index is 2.61. The van der Waals surface area contributed by atoms with Gasteiger partial charge in [-0.1, -0.05) is 69.5 Å². The van der Waals surface area contributed by atoms with Crippen LogP contribution >= 0.6 is 31.9 Å². The number of rotatable bonds is 3. The highest BCUT2D eigenvalue weighted by molar-refractivity contribution is 9.11. The van der Waals surface area contributed by atoms with Gasteiger partial charge in [0.2, 0.25) is 0 Å². The van der Waals surface area contributed by atoms with E-state index in [1.54, 1.807) is 0 Å². The first kappa shape index (κ1) is 12.1. The largest absolute Gasteiger partial charge is 0.0616 e. The minimum absolute atomic E-state index is 0.983. The molecule has 2 rings (SSSR count). The Labute approximate surface area is 113 Å². The van der Waals surface area contributed by atoms with Crippen LogP contribution in [0.5, 0.6) is 0 Å². The first-order valence-corrected chi connectivity index (χ1v) is 6.97. The molecule has 0 aromatic heterocycles. The first-order chi connectivity index (χ1) is 7.74. The minimum Gasteiger partial charge on any atom is -0.0616 e. The zero-order valence-corrected chi connectivity index (χ0v) is 12.1. The van der Waals surface area contributed by atoms with Crippen LogP contribution in [-0.2, 0) is 6.42 Å². The Morgan fingerprint density at radius 3 is 2.38 bits per heavy atom. The third kappa shape index (κ3) is 2.33. The van der Waals surface area contributed by atoms with E-state index in [4.69, 9.17) is 0 Å². The molecule has 16 heavy (non-hydrogen) atoms. The Kier molecular flexibility index (Phi) is 4.04. The summed E-state index contributed by atoms with van der Waals surface area (Å²) in [5.41, 5.74) is 1.39. The number of hydrogen-bond donors (Lipinski definition) is 0. The van der Waals surface area contributed by atoms with Crippen molar-refractivity contribution in [3.8, 4) is 0 Å². The SMILES string of the molecule is [CH2]CCCc1c(Br)cc(Br)c2ccccc12. The lowest BCUT2D eigenvalue weighted by Crippen LogP contribution is -1.90. The number of hydrogen-bond acceptors (Lipinski definition) is 0. The fourth-order valence-electron chi connectivity index (χ4n) is 1.92. The number of halogens is 2. The van der Waals surface area contributed by atoms with E-state index in [-0.39, 0.29) is 0 Å². The Morgan fingerprint density at radius 2 is 1.69 bits per heavy atom. The maximum absolute atomic E-state index is 3.90. The normalized spacial score (nSPS) is 10.9. The molecule has 0 aliphatic rings.